The van der Waals surface area contributed by atoms with Gasteiger partial charge in [0.05, 0.1) is 0 Å². The van der Waals surface area contributed by atoms with Gasteiger partial charge in [-0.3, -0.25) is 0 Å². The van der Waals surface area contributed by atoms with Crippen molar-refractivity contribution in [3.63, 3.8) is 0 Å². The number of alkyl halides is 3. The molecule has 0 aliphatic heterocycles. The lowest BCUT2D eigenvalue weighted by Crippen LogP contribution is -2.40. The summed E-state index contributed by atoms with van der Waals surface area (Å²) < 4.78 is 36.0. The van der Waals surface area contributed by atoms with Crippen molar-refractivity contribution in [1.82, 2.24) is 5.32 Å². The molecule has 4 unspecified atom stereocenters. The van der Waals surface area contributed by atoms with Crippen LogP contribution in [0.2, 0.25) is 0 Å². The fourth-order valence-electron chi connectivity index (χ4n) is 3.15. The van der Waals surface area contributed by atoms with Gasteiger partial charge in [-0.25, -0.2) is 0 Å². The van der Waals surface area contributed by atoms with Crippen LogP contribution in [0.4, 0.5) is 13.2 Å². The Morgan fingerprint density at radius 1 is 1.25 bits per heavy atom. The summed E-state index contributed by atoms with van der Waals surface area (Å²) in [7, 11) is 0. The lowest BCUT2D eigenvalue weighted by Gasteiger charge is -2.23. The zero-order valence-electron chi connectivity index (χ0n) is 9.13. The number of nitrogens with one attached hydrogen (secondary N) is 1. The molecule has 2 N–H and O–H groups in total. The predicted molar refractivity (Wildman–Crippen MR) is 53.9 cm³/mol. The molecule has 0 spiro atoms. The van der Waals surface area contributed by atoms with Crippen molar-refractivity contribution in [2.45, 2.75) is 38.0 Å². The summed E-state index contributed by atoms with van der Waals surface area (Å²) in [5.74, 6) is 2.05. The van der Waals surface area contributed by atoms with Crippen molar-refractivity contribution in [3.8, 4) is 0 Å². The van der Waals surface area contributed by atoms with E-state index in [0.717, 1.165) is 12.3 Å². The normalized spacial score (nSPS) is 35.6. The highest BCUT2D eigenvalue weighted by Gasteiger charge is 2.40. The van der Waals surface area contributed by atoms with E-state index in [-0.39, 0.29) is 6.54 Å². The molecule has 2 rings (SSSR count). The van der Waals surface area contributed by atoms with Crippen molar-refractivity contribution in [3.05, 3.63) is 0 Å². The lowest BCUT2D eigenvalue weighted by molar-refractivity contribution is -0.201. The molecule has 0 radical (unpaired) electrons. The van der Waals surface area contributed by atoms with Crippen LogP contribution in [-0.2, 0) is 0 Å². The number of hydrogen-bond donors (Lipinski definition) is 2. The van der Waals surface area contributed by atoms with Crippen LogP contribution in [0.1, 0.15) is 25.7 Å². The van der Waals surface area contributed by atoms with Crippen LogP contribution in [0.15, 0.2) is 0 Å². The van der Waals surface area contributed by atoms with Gasteiger partial charge >= 0.3 is 6.18 Å². The molecule has 0 aromatic carbocycles. The van der Waals surface area contributed by atoms with E-state index in [2.05, 4.69) is 5.32 Å². The third-order valence-corrected chi connectivity index (χ3v) is 4.01. The van der Waals surface area contributed by atoms with E-state index in [1.807, 2.05) is 0 Å². The first-order valence-electron chi connectivity index (χ1n) is 5.92. The molecular weight excluding hydrogens is 219 g/mol. The highest BCUT2D eigenvalue weighted by Crippen LogP contribution is 2.47. The third-order valence-electron chi connectivity index (χ3n) is 4.01. The Bertz CT molecular complexity index is 244. The van der Waals surface area contributed by atoms with Crippen LogP contribution >= 0.6 is 0 Å². The Kier molecular flexibility index (Phi) is 3.45. The average molecular weight is 237 g/mol. The second kappa shape index (κ2) is 4.53. The SMILES string of the molecule is OC(CNCC1CC2CCC1C2)C(F)(F)F. The summed E-state index contributed by atoms with van der Waals surface area (Å²) in [6, 6.07) is 0. The van der Waals surface area contributed by atoms with E-state index in [9.17, 15) is 13.2 Å². The van der Waals surface area contributed by atoms with Crippen molar-refractivity contribution < 1.29 is 18.3 Å². The Labute approximate surface area is 93.2 Å². The molecule has 0 heterocycles. The Morgan fingerprint density at radius 2 is 2.00 bits per heavy atom. The van der Waals surface area contributed by atoms with Crippen LogP contribution in [0, 0.1) is 17.8 Å². The molecule has 94 valence electrons. The van der Waals surface area contributed by atoms with E-state index in [1.54, 1.807) is 0 Å². The minimum Gasteiger partial charge on any atom is -0.382 e. The highest BCUT2D eigenvalue weighted by atomic mass is 19.4. The van der Waals surface area contributed by atoms with E-state index in [1.165, 1.54) is 19.3 Å². The van der Waals surface area contributed by atoms with E-state index >= 15 is 0 Å². The molecule has 0 saturated heterocycles. The van der Waals surface area contributed by atoms with Crippen LogP contribution in [0.25, 0.3) is 0 Å². The van der Waals surface area contributed by atoms with Gasteiger partial charge in [0.1, 0.15) is 0 Å². The summed E-state index contributed by atoms with van der Waals surface area (Å²) in [5.41, 5.74) is 0. The Hall–Kier alpha value is -0.290. The third kappa shape index (κ3) is 2.69. The van der Waals surface area contributed by atoms with Crippen LogP contribution in [0.3, 0.4) is 0 Å². The zero-order chi connectivity index (χ0) is 11.8. The largest absolute Gasteiger partial charge is 0.415 e. The average Bonchev–Trinajstić information content (AvgIpc) is 2.77. The van der Waals surface area contributed by atoms with Gasteiger partial charge in [0.25, 0.3) is 0 Å². The van der Waals surface area contributed by atoms with Gasteiger partial charge < -0.3 is 10.4 Å². The first-order chi connectivity index (χ1) is 7.47. The van der Waals surface area contributed by atoms with Gasteiger partial charge in [0, 0.05) is 6.54 Å². The quantitative estimate of drug-likeness (QED) is 0.783. The summed E-state index contributed by atoms with van der Waals surface area (Å²) in [4.78, 5) is 0. The molecule has 2 saturated carbocycles. The van der Waals surface area contributed by atoms with E-state index < -0.39 is 12.3 Å². The summed E-state index contributed by atoms with van der Waals surface area (Å²) in [6.07, 6.45) is -1.79. The number of hydrogen-bond acceptors (Lipinski definition) is 2. The predicted octanol–water partition coefficient (Wildman–Crippen LogP) is 1.94. The van der Waals surface area contributed by atoms with Crippen molar-refractivity contribution in [2.75, 3.05) is 13.1 Å². The smallest absolute Gasteiger partial charge is 0.382 e. The maximum absolute atomic E-state index is 12.0. The fraction of sp³-hybridized carbons (Fsp3) is 1.00. The molecular formula is C11H18F3NO. The molecule has 2 bridgehead atoms. The second-order valence-electron chi connectivity index (χ2n) is 5.15. The molecule has 2 aliphatic carbocycles. The Morgan fingerprint density at radius 3 is 2.50 bits per heavy atom. The van der Waals surface area contributed by atoms with Crippen molar-refractivity contribution >= 4 is 0 Å². The molecule has 2 aliphatic rings. The maximum atomic E-state index is 12.0. The topological polar surface area (TPSA) is 32.3 Å². The summed E-state index contributed by atoms with van der Waals surface area (Å²) >= 11 is 0. The number of rotatable bonds is 4. The molecule has 16 heavy (non-hydrogen) atoms. The molecule has 0 aromatic heterocycles. The zero-order valence-corrected chi connectivity index (χ0v) is 9.13. The molecule has 5 heteroatoms. The van der Waals surface area contributed by atoms with Gasteiger partial charge in [0.15, 0.2) is 6.10 Å². The van der Waals surface area contributed by atoms with Crippen molar-refractivity contribution in [1.29, 1.82) is 0 Å². The standard InChI is InChI=1S/C11H18F3NO/c12-11(13,14)10(16)6-15-5-9-4-7-1-2-8(9)3-7/h7-10,15-16H,1-6H2. The Balaban J connectivity index is 1.65. The molecule has 2 fully saturated rings. The first kappa shape index (κ1) is 12.2. The van der Waals surface area contributed by atoms with Crippen LogP contribution < -0.4 is 5.32 Å². The summed E-state index contributed by atoms with van der Waals surface area (Å²) in [5, 5.41) is 11.6. The number of aliphatic hydroxyl groups excluding tert-OH is 1. The van der Waals surface area contributed by atoms with Crippen LogP contribution in [0.5, 0.6) is 0 Å². The second-order valence-corrected chi connectivity index (χ2v) is 5.15. The van der Waals surface area contributed by atoms with Gasteiger partial charge in [-0.2, -0.15) is 13.2 Å². The lowest BCUT2D eigenvalue weighted by atomic mass is 9.89. The number of halogens is 3. The van der Waals surface area contributed by atoms with Gasteiger partial charge in [0.2, 0.25) is 0 Å². The maximum Gasteiger partial charge on any atom is 0.415 e. The minimum atomic E-state index is -4.50. The monoisotopic (exact) mass is 237 g/mol. The van der Waals surface area contributed by atoms with Crippen LogP contribution in [-0.4, -0.2) is 30.5 Å². The number of aliphatic hydroxyl groups is 1. The summed E-state index contributed by atoms with van der Waals surface area (Å²) in [6.45, 7) is 0.242. The van der Waals surface area contributed by atoms with Gasteiger partial charge in [-0.15, -0.1) is 0 Å². The van der Waals surface area contributed by atoms with Gasteiger partial charge in [-0.05, 0) is 43.6 Å². The number of fused-ring (bicyclic) bond motifs is 2. The molecule has 0 amide bonds. The fourth-order valence-corrected chi connectivity index (χ4v) is 3.15. The molecule has 4 atom stereocenters. The minimum absolute atomic E-state index is 0.378. The highest BCUT2D eigenvalue weighted by molar-refractivity contribution is 4.90. The van der Waals surface area contributed by atoms with Gasteiger partial charge in [-0.1, -0.05) is 6.42 Å². The van der Waals surface area contributed by atoms with E-state index in [4.69, 9.17) is 5.11 Å². The first-order valence-corrected chi connectivity index (χ1v) is 5.92. The van der Waals surface area contributed by atoms with Crippen molar-refractivity contribution in [2.24, 2.45) is 17.8 Å². The van der Waals surface area contributed by atoms with E-state index in [0.29, 0.717) is 18.4 Å². The molecule has 2 nitrogen and oxygen atoms in total. The molecule has 0 aromatic rings.